The van der Waals surface area contributed by atoms with Crippen LogP contribution in [0, 0.1) is 19.8 Å². The Kier molecular flexibility index (Phi) is 8.51. The molecule has 166 valence electrons. The van der Waals surface area contributed by atoms with Crippen LogP contribution in [0.4, 0.5) is 5.13 Å². The third kappa shape index (κ3) is 5.94. The highest BCUT2D eigenvalue weighted by molar-refractivity contribution is 7.22. The van der Waals surface area contributed by atoms with E-state index in [1.807, 2.05) is 0 Å². The second-order valence-electron chi connectivity index (χ2n) is 8.64. The number of nitrogens with zero attached hydrogens (tertiary/aromatic N) is 3. The Morgan fingerprint density at radius 3 is 2.83 bits per heavy atom. The Labute approximate surface area is 185 Å². The van der Waals surface area contributed by atoms with Gasteiger partial charge in [-0.15, -0.1) is 0 Å². The maximum absolute atomic E-state index is 12.8. The van der Waals surface area contributed by atoms with Gasteiger partial charge in [0.25, 0.3) is 0 Å². The van der Waals surface area contributed by atoms with Gasteiger partial charge in [0.1, 0.15) is 0 Å². The molecule has 0 bridgehead atoms. The number of thiazole rings is 1. The highest BCUT2D eigenvalue weighted by atomic mass is 32.1. The number of anilines is 1. The molecule has 6 heteroatoms. The molecule has 1 fully saturated rings. The molecule has 5 nitrogen and oxygen atoms in total. The smallest absolute Gasteiger partial charge is 0.224 e. The molecule has 1 atom stereocenters. The number of aryl methyl sites for hydroxylation is 2. The summed E-state index contributed by atoms with van der Waals surface area (Å²) in [6.45, 7) is 14.6. The van der Waals surface area contributed by atoms with Gasteiger partial charge in [-0.25, -0.2) is 4.98 Å². The average molecular weight is 431 g/mol. The molecule has 2 heterocycles. The van der Waals surface area contributed by atoms with E-state index in [1.165, 1.54) is 35.2 Å². The van der Waals surface area contributed by atoms with Gasteiger partial charge in [-0.2, -0.15) is 0 Å². The van der Waals surface area contributed by atoms with E-state index >= 15 is 0 Å². The predicted molar refractivity (Wildman–Crippen MR) is 129 cm³/mol. The van der Waals surface area contributed by atoms with Crippen LogP contribution in [0.15, 0.2) is 12.1 Å². The zero-order valence-corrected chi connectivity index (χ0v) is 20.0. The van der Waals surface area contributed by atoms with Crippen molar-refractivity contribution >= 4 is 32.6 Å². The van der Waals surface area contributed by atoms with Crippen molar-refractivity contribution in [1.82, 2.24) is 15.2 Å². The molecule has 3 rings (SSSR count). The maximum Gasteiger partial charge on any atom is 0.224 e. The molecule has 1 unspecified atom stereocenters. The molecule has 0 spiro atoms. The van der Waals surface area contributed by atoms with Gasteiger partial charge in [-0.3, -0.25) is 4.79 Å². The molecule has 0 aliphatic carbocycles. The first-order valence-electron chi connectivity index (χ1n) is 11.6. The van der Waals surface area contributed by atoms with E-state index in [0.29, 0.717) is 0 Å². The number of fused-ring (bicyclic) bond motifs is 1. The van der Waals surface area contributed by atoms with E-state index in [9.17, 15) is 4.79 Å². The number of carbonyl (C=O) groups is 1. The van der Waals surface area contributed by atoms with E-state index in [1.54, 1.807) is 11.3 Å². The van der Waals surface area contributed by atoms with Crippen LogP contribution in [0.5, 0.6) is 0 Å². The van der Waals surface area contributed by atoms with Crippen molar-refractivity contribution in [2.45, 2.75) is 59.8 Å². The SMILES string of the molecule is CCCCN(CC)CCCNC(=O)C1CCCN(c2nc3c(C)cc(C)cc3s2)C1. The number of rotatable bonds is 10. The third-order valence-corrected chi connectivity index (χ3v) is 7.17. The summed E-state index contributed by atoms with van der Waals surface area (Å²) in [5.41, 5.74) is 3.62. The Balaban J connectivity index is 1.51. The maximum atomic E-state index is 12.8. The summed E-state index contributed by atoms with van der Waals surface area (Å²) in [7, 11) is 0. The largest absolute Gasteiger partial charge is 0.356 e. The van der Waals surface area contributed by atoms with Gasteiger partial charge in [0.2, 0.25) is 5.91 Å². The number of nitrogens with one attached hydrogen (secondary N) is 1. The van der Waals surface area contributed by atoms with E-state index in [-0.39, 0.29) is 11.8 Å². The quantitative estimate of drug-likeness (QED) is 0.552. The molecule has 1 aromatic carbocycles. The third-order valence-electron chi connectivity index (χ3n) is 6.11. The monoisotopic (exact) mass is 430 g/mol. The van der Waals surface area contributed by atoms with Crippen molar-refractivity contribution in [1.29, 1.82) is 0 Å². The van der Waals surface area contributed by atoms with Gasteiger partial charge in [-0.1, -0.05) is 37.7 Å². The summed E-state index contributed by atoms with van der Waals surface area (Å²) >= 11 is 1.76. The number of piperidine rings is 1. The average Bonchev–Trinajstić information content (AvgIpc) is 3.17. The minimum Gasteiger partial charge on any atom is -0.356 e. The highest BCUT2D eigenvalue weighted by Gasteiger charge is 2.27. The minimum absolute atomic E-state index is 0.0657. The second-order valence-corrected chi connectivity index (χ2v) is 9.65. The summed E-state index contributed by atoms with van der Waals surface area (Å²) < 4.78 is 1.25. The van der Waals surface area contributed by atoms with Gasteiger partial charge in [0.15, 0.2) is 5.13 Å². The molecular formula is C24H38N4OS. The van der Waals surface area contributed by atoms with Gasteiger partial charge < -0.3 is 15.1 Å². The number of aromatic nitrogens is 1. The number of hydrogen-bond acceptors (Lipinski definition) is 5. The van der Waals surface area contributed by atoms with E-state index in [2.05, 4.69) is 54.9 Å². The Morgan fingerprint density at radius 1 is 1.27 bits per heavy atom. The van der Waals surface area contributed by atoms with Crippen molar-refractivity contribution in [3.63, 3.8) is 0 Å². The fourth-order valence-electron chi connectivity index (χ4n) is 4.33. The van der Waals surface area contributed by atoms with Gasteiger partial charge in [0, 0.05) is 19.6 Å². The van der Waals surface area contributed by atoms with Crippen LogP contribution in [0.1, 0.15) is 57.1 Å². The van der Waals surface area contributed by atoms with Crippen LogP contribution in [0.2, 0.25) is 0 Å². The lowest BCUT2D eigenvalue weighted by Crippen LogP contribution is -2.43. The fraction of sp³-hybridized carbons (Fsp3) is 0.667. The van der Waals surface area contributed by atoms with Crippen LogP contribution < -0.4 is 10.2 Å². The van der Waals surface area contributed by atoms with Crippen LogP contribution in [-0.4, -0.2) is 55.1 Å². The van der Waals surface area contributed by atoms with E-state index in [4.69, 9.17) is 4.98 Å². The second kappa shape index (κ2) is 11.1. The Hall–Kier alpha value is -1.66. The van der Waals surface area contributed by atoms with Crippen LogP contribution in [-0.2, 0) is 4.79 Å². The molecule has 30 heavy (non-hydrogen) atoms. The molecule has 1 aliphatic heterocycles. The number of benzene rings is 1. The lowest BCUT2D eigenvalue weighted by molar-refractivity contribution is -0.125. The first-order valence-corrected chi connectivity index (χ1v) is 12.5. The molecular weight excluding hydrogens is 392 g/mol. The first kappa shape index (κ1) is 23.0. The summed E-state index contributed by atoms with van der Waals surface area (Å²) in [4.78, 5) is 22.5. The van der Waals surface area contributed by atoms with Crippen molar-refractivity contribution in [2.75, 3.05) is 44.2 Å². The van der Waals surface area contributed by atoms with Crippen molar-refractivity contribution in [3.05, 3.63) is 23.3 Å². The predicted octanol–water partition coefficient (Wildman–Crippen LogP) is 4.76. The lowest BCUT2D eigenvalue weighted by atomic mass is 9.97. The summed E-state index contributed by atoms with van der Waals surface area (Å²) in [5.74, 6) is 0.278. The Morgan fingerprint density at radius 2 is 2.07 bits per heavy atom. The normalized spacial score (nSPS) is 17.1. The number of amides is 1. The molecule has 1 aromatic heterocycles. The van der Waals surface area contributed by atoms with Crippen LogP contribution in [0.3, 0.4) is 0 Å². The van der Waals surface area contributed by atoms with Crippen LogP contribution in [0.25, 0.3) is 10.2 Å². The summed E-state index contributed by atoms with van der Waals surface area (Å²) in [6, 6.07) is 4.41. The lowest BCUT2D eigenvalue weighted by Gasteiger charge is -2.31. The van der Waals surface area contributed by atoms with Crippen molar-refractivity contribution < 1.29 is 4.79 Å². The summed E-state index contributed by atoms with van der Waals surface area (Å²) in [6.07, 6.45) is 5.54. The highest BCUT2D eigenvalue weighted by Crippen LogP contribution is 2.33. The molecule has 2 aromatic rings. The molecule has 1 N–H and O–H groups in total. The molecule has 0 radical (unpaired) electrons. The molecule has 1 aliphatic rings. The fourth-order valence-corrected chi connectivity index (χ4v) is 5.50. The van der Waals surface area contributed by atoms with Crippen molar-refractivity contribution in [3.8, 4) is 0 Å². The Bertz CT molecular complexity index is 834. The zero-order chi connectivity index (χ0) is 21.5. The molecule has 0 saturated carbocycles. The standard InChI is InChI=1S/C24H38N4OS/c1-5-7-12-27(6-2)13-9-11-25-23(29)20-10-8-14-28(17-20)24-26-22-19(4)15-18(3)16-21(22)30-24/h15-16,20H,5-14,17H2,1-4H3,(H,25,29). The summed E-state index contributed by atoms with van der Waals surface area (Å²) in [5, 5.41) is 4.25. The van der Waals surface area contributed by atoms with E-state index < -0.39 is 0 Å². The van der Waals surface area contributed by atoms with Crippen molar-refractivity contribution in [2.24, 2.45) is 5.92 Å². The first-order chi connectivity index (χ1) is 14.5. The van der Waals surface area contributed by atoms with Crippen LogP contribution >= 0.6 is 11.3 Å². The number of carbonyl (C=O) groups excluding carboxylic acids is 1. The van der Waals surface area contributed by atoms with Gasteiger partial charge >= 0.3 is 0 Å². The molecule has 1 amide bonds. The minimum atomic E-state index is 0.0657. The van der Waals surface area contributed by atoms with Gasteiger partial charge in [0.05, 0.1) is 16.1 Å². The number of hydrogen-bond donors (Lipinski definition) is 1. The number of unbranched alkanes of at least 4 members (excludes halogenated alkanes) is 1. The molecule has 1 saturated heterocycles. The topological polar surface area (TPSA) is 48.5 Å². The van der Waals surface area contributed by atoms with E-state index in [0.717, 1.165) is 62.6 Å². The van der Waals surface area contributed by atoms with Gasteiger partial charge in [-0.05, 0) is 76.4 Å². The zero-order valence-electron chi connectivity index (χ0n) is 19.2.